The van der Waals surface area contributed by atoms with Crippen LogP contribution >= 0.6 is 0 Å². The van der Waals surface area contributed by atoms with Gasteiger partial charge in [0.25, 0.3) is 0 Å². The first-order valence-corrected chi connectivity index (χ1v) is 5.62. The quantitative estimate of drug-likeness (QED) is 0.603. The van der Waals surface area contributed by atoms with Gasteiger partial charge in [-0.1, -0.05) is 5.92 Å². The Kier molecular flexibility index (Phi) is 4.94. The molecule has 0 amide bonds. The second-order valence-corrected chi connectivity index (χ2v) is 3.52. The number of fused-ring (bicyclic) bond motifs is 1. The van der Waals surface area contributed by atoms with Gasteiger partial charge in [0.15, 0.2) is 0 Å². The molecule has 0 aliphatic rings. The van der Waals surface area contributed by atoms with E-state index >= 15 is 0 Å². The van der Waals surface area contributed by atoms with Crippen LogP contribution in [0.15, 0.2) is 18.3 Å². The average Bonchev–Trinajstić information content (AvgIpc) is 2.68. The molecule has 0 fully saturated rings. The Morgan fingerprint density at radius 1 is 1.61 bits per heavy atom. The van der Waals surface area contributed by atoms with Crippen molar-refractivity contribution in [3.05, 3.63) is 23.9 Å². The minimum atomic E-state index is 0. The minimum Gasteiger partial charge on any atom is -0.492 e. The average molecular weight is 246 g/mol. The second-order valence-electron chi connectivity index (χ2n) is 3.52. The number of terminal acetylenes is 1. The monoisotopic (exact) mass is 246 g/mol. The van der Waals surface area contributed by atoms with E-state index in [9.17, 15) is 0 Å². The Balaban J connectivity index is 0.000000742. The van der Waals surface area contributed by atoms with E-state index in [0.29, 0.717) is 6.61 Å². The van der Waals surface area contributed by atoms with Crippen LogP contribution in [0, 0.1) is 12.3 Å². The molecule has 1 heterocycles. The molecule has 4 heteroatoms. The summed E-state index contributed by atoms with van der Waals surface area (Å²) in [5.41, 5.74) is 1.68. The Labute approximate surface area is 108 Å². The van der Waals surface area contributed by atoms with Crippen molar-refractivity contribution < 1.29 is 11.0 Å². The van der Waals surface area contributed by atoms with Gasteiger partial charge in [0.1, 0.15) is 12.0 Å². The van der Waals surface area contributed by atoms with Crippen LogP contribution in [0.2, 0.25) is 0 Å². The fourth-order valence-corrected chi connectivity index (χ4v) is 1.56. The van der Waals surface area contributed by atoms with Gasteiger partial charge in [0.2, 0.25) is 0 Å². The van der Waals surface area contributed by atoms with Gasteiger partial charge in [-0.3, -0.25) is 4.68 Å². The summed E-state index contributed by atoms with van der Waals surface area (Å²) in [4.78, 5) is 8.81. The van der Waals surface area contributed by atoms with Crippen LogP contribution in [0.3, 0.4) is 0 Å². The zero-order chi connectivity index (χ0) is 13.5. The first-order chi connectivity index (χ1) is 8.65. The summed E-state index contributed by atoms with van der Waals surface area (Å²) in [5, 5.41) is 5.34. The lowest BCUT2D eigenvalue weighted by molar-refractivity contribution is -0.106. The lowest BCUT2D eigenvalue weighted by Gasteiger charge is -2.05. The van der Waals surface area contributed by atoms with Crippen LogP contribution in [0.5, 0.6) is 5.75 Å². The van der Waals surface area contributed by atoms with Crippen molar-refractivity contribution in [1.29, 1.82) is 0 Å². The summed E-state index contributed by atoms with van der Waals surface area (Å²) in [7, 11) is 1.88. The van der Waals surface area contributed by atoms with Crippen LogP contribution in [-0.4, -0.2) is 22.7 Å². The SMILES string of the molecule is C#Cc1cc2cn(C)nc2cc1OCC.CC=O.[HH]. The molecule has 1 aromatic heterocycles. The first-order valence-electron chi connectivity index (χ1n) is 5.62. The van der Waals surface area contributed by atoms with Gasteiger partial charge >= 0.3 is 0 Å². The van der Waals surface area contributed by atoms with Crippen molar-refractivity contribution in [2.24, 2.45) is 7.05 Å². The largest absolute Gasteiger partial charge is 0.492 e. The van der Waals surface area contributed by atoms with E-state index in [1.165, 1.54) is 6.92 Å². The van der Waals surface area contributed by atoms with Gasteiger partial charge in [0, 0.05) is 26.1 Å². The van der Waals surface area contributed by atoms with E-state index in [0.717, 1.165) is 28.5 Å². The third-order valence-corrected chi connectivity index (χ3v) is 2.18. The maximum Gasteiger partial charge on any atom is 0.137 e. The van der Waals surface area contributed by atoms with Crippen LogP contribution in [-0.2, 0) is 11.8 Å². The molecule has 1 aromatic carbocycles. The molecule has 0 atom stereocenters. The molecule has 0 aliphatic heterocycles. The number of aryl methyl sites for hydroxylation is 1. The van der Waals surface area contributed by atoms with Crippen molar-refractivity contribution >= 4 is 17.2 Å². The Hall–Kier alpha value is -2.28. The van der Waals surface area contributed by atoms with E-state index in [1.807, 2.05) is 32.3 Å². The fraction of sp³-hybridized carbons (Fsp3) is 0.286. The highest BCUT2D eigenvalue weighted by Crippen LogP contribution is 2.24. The van der Waals surface area contributed by atoms with Crippen molar-refractivity contribution in [3.8, 4) is 18.1 Å². The summed E-state index contributed by atoms with van der Waals surface area (Å²) < 4.78 is 7.22. The molecule has 0 radical (unpaired) electrons. The molecule has 96 valence electrons. The minimum absolute atomic E-state index is 0. The third kappa shape index (κ3) is 3.11. The predicted octanol–water partition coefficient (Wildman–Crippen LogP) is 2.40. The summed E-state index contributed by atoms with van der Waals surface area (Å²) in [6.07, 6.45) is 8.11. The molecule has 0 bridgehead atoms. The standard InChI is InChI=1S/C12H12N2O.C2H4O.H2/c1-4-9-6-10-8-14(3)13-11(10)7-12(9)15-5-2;1-2-3;/h1,6-8H,5H2,2-3H3;2H,1H3;1H. The number of carbonyl (C=O) groups excluding carboxylic acids is 1. The van der Waals surface area contributed by atoms with E-state index in [-0.39, 0.29) is 1.43 Å². The number of aromatic nitrogens is 2. The molecule has 2 aromatic rings. The number of rotatable bonds is 2. The van der Waals surface area contributed by atoms with E-state index in [1.54, 1.807) is 4.68 Å². The molecule has 0 spiro atoms. The van der Waals surface area contributed by atoms with E-state index in [4.69, 9.17) is 16.0 Å². The number of ether oxygens (including phenoxy) is 1. The Morgan fingerprint density at radius 3 is 2.83 bits per heavy atom. The molecule has 0 aliphatic carbocycles. The summed E-state index contributed by atoms with van der Waals surface area (Å²) >= 11 is 0. The molecule has 0 N–H and O–H groups in total. The number of hydrogen-bond acceptors (Lipinski definition) is 3. The van der Waals surface area contributed by atoms with Crippen LogP contribution in [0.1, 0.15) is 20.8 Å². The Bertz CT molecular complexity index is 585. The second kappa shape index (κ2) is 6.45. The topological polar surface area (TPSA) is 44.1 Å². The number of carbonyl (C=O) groups is 1. The van der Waals surface area contributed by atoms with Gasteiger partial charge in [-0.15, -0.1) is 6.42 Å². The first kappa shape index (κ1) is 13.8. The lowest BCUT2D eigenvalue weighted by Crippen LogP contribution is -1.94. The van der Waals surface area contributed by atoms with Crippen molar-refractivity contribution in [1.82, 2.24) is 9.78 Å². The maximum absolute atomic E-state index is 8.81. The number of hydrogen-bond donors (Lipinski definition) is 0. The summed E-state index contributed by atoms with van der Waals surface area (Å²) in [6.45, 7) is 3.98. The zero-order valence-corrected chi connectivity index (χ0v) is 10.8. The van der Waals surface area contributed by atoms with Gasteiger partial charge in [-0.05, 0) is 19.9 Å². The molecule has 0 saturated carbocycles. The van der Waals surface area contributed by atoms with Crippen LogP contribution < -0.4 is 4.74 Å². The lowest BCUT2D eigenvalue weighted by atomic mass is 10.1. The smallest absolute Gasteiger partial charge is 0.137 e. The van der Waals surface area contributed by atoms with Crippen molar-refractivity contribution in [2.45, 2.75) is 13.8 Å². The van der Waals surface area contributed by atoms with Gasteiger partial charge < -0.3 is 9.53 Å². The molecule has 2 rings (SSSR count). The number of benzene rings is 1. The number of aldehydes is 1. The van der Waals surface area contributed by atoms with Gasteiger partial charge in [-0.2, -0.15) is 5.10 Å². The molecule has 0 saturated heterocycles. The van der Waals surface area contributed by atoms with E-state index in [2.05, 4.69) is 11.0 Å². The predicted molar refractivity (Wildman–Crippen MR) is 73.7 cm³/mol. The normalized spacial score (nSPS) is 9.22. The molecule has 18 heavy (non-hydrogen) atoms. The van der Waals surface area contributed by atoms with Crippen molar-refractivity contribution in [3.63, 3.8) is 0 Å². The van der Waals surface area contributed by atoms with Crippen LogP contribution in [0.25, 0.3) is 10.9 Å². The highest BCUT2D eigenvalue weighted by Gasteiger charge is 2.06. The Morgan fingerprint density at radius 2 is 2.28 bits per heavy atom. The maximum atomic E-state index is 8.81. The molecule has 0 unspecified atom stereocenters. The molecular formula is C14H18N2O2. The van der Waals surface area contributed by atoms with Crippen LogP contribution in [0.4, 0.5) is 0 Å². The zero-order valence-electron chi connectivity index (χ0n) is 10.8. The highest BCUT2D eigenvalue weighted by molar-refractivity contribution is 5.82. The van der Waals surface area contributed by atoms with Gasteiger partial charge in [-0.25, -0.2) is 0 Å². The van der Waals surface area contributed by atoms with E-state index < -0.39 is 0 Å². The summed E-state index contributed by atoms with van der Waals surface area (Å²) in [6, 6.07) is 3.81. The fourth-order valence-electron chi connectivity index (χ4n) is 1.56. The van der Waals surface area contributed by atoms with Gasteiger partial charge in [0.05, 0.1) is 17.7 Å². The molecule has 4 nitrogen and oxygen atoms in total. The molecular weight excluding hydrogens is 228 g/mol. The number of nitrogens with zero attached hydrogens (tertiary/aromatic N) is 2. The van der Waals surface area contributed by atoms with Crippen molar-refractivity contribution in [2.75, 3.05) is 6.61 Å². The highest BCUT2D eigenvalue weighted by atomic mass is 16.5. The third-order valence-electron chi connectivity index (χ3n) is 2.18. The summed E-state index contributed by atoms with van der Waals surface area (Å²) in [5.74, 6) is 3.35.